The molecule has 1 fully saturated rings. The van der Waals surface area contributed by atoms with Gasteiger partial charge in [-0.1, -0.05) is 12.1 Å². The summed E-state index contributed by atoms with van der Waals surface area (Å²) in [6.07, 6.45) is 0. The molecule has 3 rings (SSSR count). The zero-order valence-corrected chi connectivity index (χ0v) is 15.8. The summed E-state index contributed by atoms with van der Waals surface area (Å²) in [6, 6.07) is 12.2. The Hall–Kier alpha value is -2.44. The third-order valence-electron chi connectivity index (χ3n) is 4.88. The Morgan fingerprint density at radius 2 is 1.59 bits per heavy atom. The summed E-state index contributed by atoms with van der Waals surface area (Å²) >= 11 is 0. The Morgan fingerprint density at radius 1 is 0.963 bits per heavy atom. The molecule has 0 bridgehead atoms. The lowest BCUT2D eigenvalue weighted by molar-refractivity contribution is 0.0600. The predicted molar refractivity (Wildman–Crippen MR) is 101 cm³/mol. The maximum absolute atomic E-state index is 13.5. The largest absolute Gasteiger partial charge is 0.496 e. The van der Waals surface area contributed by atoms with Gasteiger partial charge in [0.05, 0.1) is 19.8 Å². The van der Waals surface area contributed by atoms with Crippen molar-refractivity contribution in [2.75, 3.05) is 40.4 Å². The third kappa shape index (κ3) is 5.05. The summed E-state index contributed by atoms with van der Waals surface area (Å²) in [6.45, 7) is 5.24. The van der Waals surface area contributed by atoms with Gasteiger partial charge in [-0.2, -0.15) is 0 Å². The molecule has 27 heavy (non-hydrogen) atoms. The predicted octanol–water partition coefficient (Wildman–Crippen LogP) is 2.94. The first-order valence-corrected chi connectivity index (χ1v) is 9.03. The first kappa shape index (κ1) is 19.3. The number of rotatable bonds is 6. The lowest BCUT2D eigenvalue weighted by Crippen LogP contribution is -2.45. The van der Waals surface area contributed by atoms with E-state index in [0.717, 1.165) is 44.0 Å². The smallest absolute Gasteiger partial charge is 0.337 e. The number of ether oxygens (including phenoxy) is 2. The number of benzene rings is 2. The molecule has 2 aromatic carbocycles. The molecule has 1 aliphatic rings. The number of nitrogens with zero attached hydrogens (tertiary/aromatic N) is 2. The number of halogens is 1. The van der Waals surface area contributed by atoms with E-state index in [9.17, 15) is 9.18 Å². The minimum Gasteiger partial charge on any atom is -0.496 e. The molecule has 1 saturated heterocycles. The van der Waals surface area contributed by atoms with Gasteiger partial charge in [-0.05, 0) is 35.9 Å². The number of hydrogen-bond donors (Lipinski definition) is 0. The van der Waals surface area contributed by atoms with Crippen LogP contribution < -0.4 is 4.74 Å². The Morgan fingerprint density at radius 3 is 2.19 bits per heavy atom. The highest BCUT2D eigenvalue weighted by molar-refractivity contribution is 5.89. The molecule has 0 N–H and O–H groups in total. The monoisotopic (exact) mass is 372 g/mol. The van der Waals surface area contributed by atoms with E-state index >= 15 is 0 Å². The minimum absolute atomic E-state index is 0.236. The van der Waals surface area contributed by atoms with Crippen LogP contribution in [0, 0.1) is 5.82 Å². The van der Waals surface area contributed by atoms with E-state index in [4.69, 9.17) is 9.47 Å². The van der Waals surface area contributed by atoms with Crippen molar-refractivity contribution in [3.05, 3.63) is 65.0 Å². The molecule has 1 heterocycles. The second-order valence-electron chi connectivity index (χ2n) is 6.70. The third-order valence-corrected chi connectivity index (χ3v) is 4.88. The second kappa shape index (κ2) is 8.97. The number of hydrogen-bond acceptors (Lipinski definition) is 5. The molecular weight excluding hydrogens is 347 g/mol. The van der Waals surface area contributed by atoms with Crippen LogP contribution in [0.4, 0.5) is 4.39 Å². The van der Waals surface area contributed by atoms with Crippen molar-refractivity contribution in [2.24, 2.45) is 0 Å². The van der Waals surface area contributed by atoms with E-state index < -0.39 is 0 Å². The molecule has 144 valence electrons. The molecule has 0 amide bonds. The first-order chi connectivity index (χ1) is 13.1. The van der Waals surface area contributed by atoms with Crippen molar-refractivity contribution >= 4 is 5.97 Å². The number of methoxy groups -OCH3 is 2. The van der Waals surface area contributed by atoms with Gasteiger partial charge in [-0.25, -0.2) is 9.18 Å². The maximum atomic E-state index is 13.5. The Bertz CT molecular complexity index is 771. The molecule has 2 aromatic rings. The average Bonchev–Trinajstić information content (AvgIpc) is 2.70. The van der Waals surface area contributed by atoms with Gasteiger partial charge in [0.15, 0.2) is 0 Å². The van der Waals surface area contributed by atoms with Crippen molar-refractivity contribution < 1.29 is 18.7 Å². The fourth-order valence-corrected chi connectivity index (χ4v) is 3.34. The van der Waals surface area contributed by atoms with Gasteiger partial charge in [-0.15, -0.1) is 0 Å². The van der Waals surface area contributed by atoms with Crippen molar-refractivity contribution in [3.8, 4) is 5.75 Å². The highest BCUT2D eigenvalue weighted by Crippen LogP contribution is 2.22. The van der Waals surface area contributed by atoms with Gasteiger partial charge < -0.3 is 9.47 Å². The van der Waals surface area contributed by atoms with Gasteiger partial charge in [0, 0.05) is 44.8 Å². The molecule has 0 aliphatic carbocycles. The molecule has 6 heteroatoms. The Balaban J connectivity index is 1.52. The van der Waals surface area contributed by atoms with E-state index in [-0.39, 0.29) is 11.8 Å². The Labute approximate surface area is 159 Å². The van der Waals surface area contributed by atoms with Crippen LogP contribution in [0.15, 0.2) is 42.5 Å². The van der Waals surface area contributed by atoms with Crippen molar-refractivity contribution in [1.29, 1.82) is 0 Å². The summed E-state index contributed by atoms with van der Waals surface area (Å²) in [4.78, 5) is 16.2. The van der Waals surface area contributed by atoms with Crippen LogP contribution in [0.5, 0.6) is 5.75 Å². The molecule has 1 aliphatic heterocycles. The molecule has 0 spiro atoms. The van der Waals surface area contributed by atoms with Gasteiger partial charge in [0.2, 0.25) is 0 Å². The van der Waals surface area contributed by atoms with Crippen LogP contribution in [0.1, 0.15) is 21.5 Å². The van der Waals surface area contributed by atoms with Gasteiger partial charge >= 0.3 is 5.97 Å². The first-order valence-electron chi connectivity index (χ1n) is 9.03. The lowest BCUT2D eigenvalue weighted by atomic mass is 10.1. The van der Waals surface area contributed by atoms with Crippen LogP contribution in [0.2, 0.25) is 0 Å². The number of carbonyl (C=O) groups is 1. The van der Waals surface area contributed by atoms with Gasteiger partial charge in [0.25, 0.3) is 0 Å². The molecule has 0 unspecified atom stereocenters. The minimum atomic E-state index is -0.317. The van der Waals surface area contributed by atoms with E-state index in [1.807, 2.05) is 12.1 Å². The average molecular weight is 372 g/mol. The zero-order valence-electron chi connectivity index (χ0n) is 15.8. The fourth-order valence-electron chi connectivity index (χ4n) is 3.34. The second-order valence-corrected chi connectivity index (χ2v) is 6.70. The number of carbonyl (C=O) groups excluding carboxylic acids is 1. The van der Waals surface area contributed by atoms with Crippen molar-refractivity contribution in [3.63, 3.8) is 0 Å². The summed E-state index contributed by atoms with van der Waals surface area (Å²) < 4.78 is 23.6. The van der Waals surface area contributed by atoms with Crippen LogP contribution in [0.25, 0.3) is 0 Å². The summed E-state index contributed by atoms with van der Waals surface area (Å²) in [5.41, 5.74) is 2.61. The topological polar surface area (TPSA) is 42.0 Å². The molecule has 0 radical (unpaired) electrons. The highest BCUT2D eigenvalue weighted by Gasteiger charge is 2.19. The van der Waals surface area contributed by atoms with E-state index in [1.165, 1.54) is 18.7 Å². The summed E-state index contributed by atoms with van der Waals surface area (Å²) in [7, 11) is 3.00. The maximum Gasteiger partial charge on any atom is 0.337 e. The normalized spacial score (nSPS) is 15.5. The SMILES string of the molecule is COC(=O)c1ccc(CN2CCN(Cc3cc(F)ccc3OC)CC2)cc1. The summed E-state index contributed by atoms with van der Waals surface area (Å²) in [5, 5.41) is 0. The summed E-state index contributed by atoms with van der Waals surface area (Å²) in [5.74, 6) is 0.173. The lowest BCUT2D eigenvalue weighted by Gasteiger charge is -2.35. The van der Waals surface area contributed by atoms with E-state index in [1.54, 1.807) is 31.4 Å². The van der Waals surface area contributed by atoms with Crippen LogP contribution in [-0.2, 0) is 17.8 Å². The highest BCUT2D eigenvalue weighted by atomic mass is 19.1. The Kier molecular flexibility index (Phi) is 6.42. The van der Waals surface area contributed by atoms with Crippen molar-refractivity contribution in [1.82, 2.24) is 9.80 Å². The number of piperazine rings is 1. The van der Waals surface area contributed by atoms with Crippen LogP contribution in [0.3, 0.4) is 0 Å². The standard InChI is InChI=1S/C21H25FN2O3/c1-26-20-8-7-19(22)13-18(20)15-24-11-9-23(10-12-24)14-16-3-5-17(6-4-16)21(25)27-2/h3-8,13H,9-12,14-15H2,1-2H3. The van der Waals surface area contributed by atoms with Gasteiger partial charge in [0.1, 0.15) is 11.6 Å². The van der Waals surface area contributed by atoms with E-state index in [2.05, 4.69) is 9.80 Å². The molecule has 5 nitrogen and oxygen atoms in total. The quantitative estimate of drug-likeness (QED) is 0.730. The number of esters is 1. The molecule has 0 aromatic heterocycles. The molecule has 0 atom stereocenters. The fraction of sp³-hybridized carbons (Fsp3) is 0.381. The zero-order chi connectivity index (χ0) is 19.2. The molecule has 0 saturated carbocycles. The van der Waals surface area contributed by atoms with Gasteiger partial charge in [-0.3, -0.25) is 9.80 Å². The molecular formula is C21H25FN2O3. The van der Waals surface area contributed by atoms with E-state index in [0.29, 0.717) is 12.1 Å². The van der Waals surface area contributed by atoms with Crippen LogP contribution >= 0.6 is 0 Å². The van der Waals surface area contributed by atoms with Crippen LogP contribution in [-0.4, -0.2) is 56.2 Å². The van der Waals surface area contributed by atoms with Crippen molar-refractivity contribution in [2.45, 2.75) is 13.1 Å².